The van der Waals surface area contributed by atoms with Crippen molar-refractivity contribution in [3.63, 3.8) is 0 Å². The van der Waals surface area contributed by atoms with Gasteiger partial charge in [-0.15, -0.1) is 0 Å². The number of fused-ring (bicyclic) bond motifs is 1. The van der Waals surface area contributed by atoms with Gasteiger partial charge in [-0.2, -0.15) is 0 Å². The molecule has 1 heterocycles. The van der Waals surface area contributed by atoms with Gasteiger partial charge in [-0.25, -0.2) is 0 Å². The van der Waals surface area contributed by atoms with E-state index < -0.39 is 0 Å². The van der Waals surface area contributed by atoms with Gasteiger partial charge in [0, 0.05) is 36.1 Å². The number of hydrogen-bond acceptors (Lipinski definition) is 4. The average Bonchev–Trinajstić information content (AvgIpc) is 2.29. The average molecular weight is 217 g/mol. The van der Waals surface area contributed by atoms with E-state index in [1.807, 2.05) is 6.92 Å². The zero-order chi connectivity index (χ0) is 11.5. The van der Waals surface area contributed by atoms with E-state index in [1.54, 1.807) is 18.3 Å². The molecule has 0 atom stereocenters. The Balaban J connectivity index is 2.71. The van der Waals surface area contributed by atoms with Crippen molar-refractivity contribution in [2.45, 2.75) is 6.92 Å². The maximum atomic E-state index is 10.8. The van der Waals surface area contributed by atoms with E-state index in [4.69, 9.17) is 0 Å². The van der Waals surface area contributed by atoms with E-state index in [1.165, 1.54) is 12.3 Å². The normalized spacial score (nSPS) is 10.3. The molecule has 0 saturated carbocycles. The van der Waals surface area contributed by atoms with Gasteiger partial charge in [-0.1, -0.05) is 0 Å². The Morgan fingerprint density at radius 3 is 2.88 bits per heavy atom. The van der Waals surface area contributed by atoms with Crippen LogP contribution in [0.4, 0.5) is 11.4 Å². The lowest BCUT2D eigenvalue weighted by Gasteiger charge is -2.07. The third kappa shape index (κ3) is 1.67. The van der Waals surface area contributed by atoms with Crippen LogP contribution >= 0.6 is 0 Å². The summed E-state index contributed by atoms with van der Waals surface area (Å²) in [6.45, 7) is 2.75. The zero-order valence-corrected chi connectivity index (χ0v) is 8.80. The highest BCUT2D eigenvalue weighted by atomic mass is 16.6. The van der Waals surface area contributed by atoms with E-state index in [0.717, 1.165) is 17.6 Å². The zero-order valence-electron chi connectivity index (χ0n) is 8.80. The monoisotopic (exact) mass is 217 g/mol. The van der Waals surface area contributed by atoms with Crippen LogP contribution in [0.3, 0.4) is 0 Å². The molecule has 0 aliphatic carbocycles. The van der Waals surface area contributed by atoms with Gasteiger partial charge in [0.25, 0.3) is 5.69 Å². The van der Waals surface area contributed by atoms with E-state index in [0.29, 0.717) is 5.39 Å². The maximum absolute atomic E-state index is 10.8. The molecule has 1 aromatic carbocycles. The lowest BCUT2D eigenvalue weighted by molar-refractivity contribution is -0.383. The number of hydrogen-bond donors (Lipinski definition) is 1. The van der Waals surface area contributed by atoms with Crippen molar-refractivity contribution in [1.29, 1.82) is 0 Å². The van der Waals surface area contributed by atoms with Gasteiger partial charge in [0.2, 0.25) is 0 Å². The Hall–Kier alpha value is -2.17. The summed E-state index contributed by atoms with van der Waals surface area (Å²) in [7, 11) is 0. The molecule has 2 rings (SSSR count). The predicted molar refractivity (Wildman–Crippen MR) is 62.6 cm³/mol. The second-order valence-electron chi connectivity index (χ2n) is 3.34. The van der Waals surface area contributed by atoms with Crippen molar-refractivity contribution in [2.75, 3.05) is 11.9 Å². The third-order valence-electron chi connectivity index (χ3n) is 2.36. The number of nitrogens with one attached hydrogen (secondary N) is 1. The molecule has 0 fully saturated rings. The van der Waals surface area contributed by atoms with Crippen LogP contribution in [-0.2, 0) is 0 Å². The first-order valence-electron chi connectivity index (χ1n) is 4.99. The van der Waals surface area contributed by atoms with Crippen LogP contribution in [0.1, 0.15) is 6.92 Å². The maximum Gasteiger partial charge on any atom is 0.278 e. The summed E-state index contributed by atoms with van der Waals surface area (Å²) in [5.41, 5.74) is 0.982. The first-order chi connectivity index (χ1) is 7.74. The van der Waals surface area contributed by atoms with Gasteiger partial charge in [0.05, 0.1) is 10.3 Å². The summed E-state index contributed by atoms with van der Waals surface area (Å²) in [5.74, 6) is 0. The molecule has 1 aromatic heterocycles. The summed E-state index contributed by atoms with van der Waals surface area (Å²) < 4.78 is 0. The minimum atomic E-state index is -0.389. The standard InChI is InChI=1S/C11H11N3O2/c1-2-13-10-3-4-11(14(15)16)9-7-12-6-5-8(9)10/h3-7,13H,2H2,1H3. The Labute approximate surface area is 92.3 Å². The molecule has 5 heteroatoms. The lowest BCUT2D eigenvalue weighted by atomic mass is 10.1. The number of non-ortho nitro benzene ring substituents is 1. The number of nitro benzene ring substituents is 1. The molecule has 0 saturated heterocycles. The molecule has 2 aromatic rings. The van der Waals surface area contributed by atoms with Crippen molar-refractivity contribution in [2.24, 2.45) is 0 Å². The van der Waals surface area contributed by atoms with Crippen molar-refractivity contribution in [3.05, 3.63) is 40.7 Å². The van der Waals surface area contributed by atoms with E-state index >= 15 is 0 Å². The molecular formula is C11H11N3O2. The Morgan fingerprint density at radius 1 is 1.38 bits per heavy atom. The highest BCUT2D eigenvalue weighted by molar-refractivity contribution is 5.99. The number of pyridine rings is 1. The minimum Gasteiger partial charge on any atom is -0.385 e. The minimum absolute atomic E-state index is 0.0877. The molecule has 0 radical (unpaired) electrons. The summed E-state index contributed by atoms with van der Waals surface area (Å²) in [4.78, 5) is 14.4. The summed E-state index contributed by atoms with van der Waals surface area (Å²) in [6, 6.07) is 5.01. The van der Waals surface area contributed by atoms with Crippen molar-refractivity contribution < 1.29 is 4.92 Å². The smallest absolute Gasteiger partial charge is 0.278 e. The Kier molecular flexibility index (Phi) is 2.68. The fourth-order valence-electron chi connectivity index (χ4n) is 1.68. The molecule has 0 amide bonds. The van der Waals surface area contributed by atoms with Crippen LogP contribution in [0.25, 0.3) is 10.8 Å². The summed E-state index contributed by atoms with van der Waals surface area (Å²) in [6.07, 6.45) is 3.15. The highest BCUT2D eigenvalue weighted by Crippen LogP contribution is 2.30. The Bertz CT molecular complexity index is 540. The number of anilines is 1. The van der Waals surface area contributed by atoms with Crippen LogP contribution < -0.4 is 5.32 Å². The van der Waals surface area contributed by atoms with E-state index in [2.05, 4.69) is 10.3 Å². The molecule has 0 aliphatic heterocycles. The second-order valence-corrected chi connectivity index (χ2v) is 3.34. The fraction of sp³-hybridized carbons (Fsp3) is 0.182. The lowest BCUT2D eigenvalue weighted by Crippen LogP contribution is -1.98. The fourth-order valence-corrected chi connectivity index (χ4v) is 1.68. The molecule has 5 nitrogen and oxygen atoms in total. The van der Waals surface area contributed by atoms with Gasteiger partial charge >= 0.3 is 0 Å². The van der Waals surface area contributed by atoms with E-state index in [9.17, 15) is 10.1 Å². The van der Waals surface area contributed by atoms with Gasteiger partial charge < -0.3 is 5.32 Å². The number of aromatic nitrogens is 1. The number of rotatable bonds is 3. The Morgan fingerprint density at radius 2 is 2.19 bits per heavy atom. The summed E-state index contributed by atoms with van der Waals surface area (Å²) in [5, 5.41) is 15.4. The van der Waals surface area contributed by atoms with Gasteiger partial charge in [-0.3, -0.25) is 15.1 Å². The highest BCUT2D eigenvalue weighted by Gasteiger charge is 2.13. The van der Waals surface area contributed by atoms with Gasteiger partial charge in [0.15, 0.2) is 0 Å². The molecule has 0 bridgehead atoms. The van der Waals surface area contributed by atoms with Crippen LogP contribution in [0.2, 0.25) is 0 Å². The van der Waals surface area contributed by atoms with Gasteiger partial charge in [0.1, 0.15) is 0 Å². The molecule has 16 heavy (non-hydrogen) atoms. The first-order valence-corrected chi connectivity index (χ1v) is 4.99. The van der Waals surface area contributed by atoms with E-state index in [-0.39, 0.29) is 10.6 Å². The van der Waals surface area contributed by atoms with Crippen molar-refractivity contribution in [1.82, 2.24) is 4.98 Å². The molecule has 82 valence electrons. The van der Waals surface area contributed by atoms with Crippen LogP contribution in [-0.4, -0.2) is 16.5 Å². The summed E-state index contributed by atoms with van der Waals surface area (Å²) >= 11 is 0. The first kappa shape index (κ1) is 10.4. The number of nitrogens with zero attached hydrogens (tertiary/aromatic N) is 2. The number of benzene rings is 1. The molecular weight excluding hydrogens is 206 g/mol. The van der Waals surface area contributed by atoms with Crippen molar-refractivity contribution >= 4 is 22.1 Å². The molecule has 0 spiro atoms. The predicted octanol–water partition coefficient (Wildman–Crippen LogP) is 2.57. The third-order valence-corrected chi connectivity index (χ3v) is 2.36. The second kappa shape index (κ2) is 4.14. The number of nitro groups is 1. The topological polar surface area (TPSA) is 68.1 Å². The quantitative estimate of drug-likeness (QED) is 0.633. The van der Waals surface area contributed by atoms with Crippen LogP contribution in [0.15, 0.2) is 30.6 Å². The SMILES string of the molecule is CCNc1ccc([N+](=O)[O-])c2cnccc12. The van der Waals surface area contributed by atoms with Crippen LogP contribution in [0.5, 0.6) is 0 Å². The molecule has 0 unspecified atom stereocenters. The van der Waals surface area contributed by atoms with Gasteiger partial charge in [-0.05, 0) is 19.1 Å². The van der Waals surface area contributed by atoms with Crippen molar-refractivity contribution in [3.8, 4) is 0 Å². The van der Waals surface area contributed by atoms with Crippen LogP contribution in [0, 0.1) is 10.1 Å². The molecule has 0 aliphatic rings. The largest absolute Gasteiger partial charge is 0.385 e. The molecule has 1 N–H and O–H groups in total.